The predicted octanol–water partition coefficient (Wildman–Crippen LogP) is 6.16. The number of amides is 1. The Morgan fingerprint density at radius 2 is 1.89 bits per heavy atom. The third kappa shape index (κ3) is 10.3. The number of thiazole rings is 1. The van der Waals surface area contributed by atoms with Crippen LogP contribution in [0.4, 0.5) is 10.5 Å². The van der Waals surface area contributed by atoms with E-state index in [0.717, 1.165) is 70.7 Å². The minimum Gasteiger partial charge on any atom is -0.444 e. The maximum atomic E-state index is 13.5. The van der Waals surface area contributed by atoms with E-state index in [-0.39, 0.29) is 19.1 Å². The number of aliphatic hydroxyl groups is 1. The van der Waals surface area contributed by atoms with Gasteiger partial charge in [-0.05, 0) is 102 Å². The highest BCUT2D eigenvalue weighted by Crippen LogP contribution is 2.43. The number of pyridine rings is 1. The van der Waals surface area contributed by atoms with Gasteiger partial charge in [-0.15, -0.1) is 11.3 Å². The van der Waals surface area contributed by atoms with Crippen LogP contribution in [0.2, 0.25) is 0 Å². The van der Waals surface area contributed by atoms with Crippen LogP contribution in [0.5, 0.6) is 0 Å². The van der Waals surface area contributed by atoms with Gasteiger partial charge in [-0.1, -0.05) is 19.9 Å². The van der Waals surface area contributed by atoms with E-state index >= 15 is 0 Å². The fourth-order valence-electron chi connectivity index (χ4n) is 8.86. The molecule has 15 nitrogen and oxygen atoms in total. The molecule has 1 aromatic carbocycles. The molecule has 6 heterocycles. The normalized spacial score (nSPS) is 19.6. The lowest BCUT2D eigenvalue weighted by Gasteiger charge is -2.39. The molecule has 3 aromatic heterocycles. The van der Waals surface area contributed by atoms with Gasteiger partial charge < -0.3 is 34.1 Å². The molecule has 1 amide bonds. The number of hydrogen-bond donors (Lipinski definition) is 4. The van der Waals surface area contributed by atoms with Crippen molar-refractivity contribution >= 4 is 46.0 Å². The lowest BCUT2D eigenvalue weighted by atomic mass is 9.84. The zero-order valence-electron chi connectivity index (χ0n) is 37.5. The fourth-order valence-corrected chi connectivity index (χ4v) is 9.71. The van der Waals surface area contributed by atoms with Crippen LogP contribution in [0.25, 0.3) is 33.4 Å². The molecule has 3 saturated heterocycles. The van der Waals surface area contributed by atoms with Crippen LogP contribution in [0.15, 0.2) is 35.8 Å². The van der Waals surface area contributed by atoms with Crippen molar-refractivity contribution in [2.45, 2.75) is 123 Å². The highest BCUT2D eigenvalue weighted by Gasteiger charge is 2.34. The van der Waals surface area contributed by atoms with Crippen molar-refractivity contribution < 1.29 is 33.7 Å². The molecule has 0 bridgehead atoms. The second-order valence-electron chi connectivity index (χ2n) is 18.6. The molecule has 0 radical (unpaired) electrons. The minimum absolute atomic E-state index is 0.00620. The van der Waals surface area contributed by atoms with Crippen molar-refractivity contribution in [3.8, 4) is 22.5 Å². The quantitative estimate of drug-likeness (QED) is 0.0840. The molecule has 16 heteroatoms. The number of aromatic nitrogens is 3. The van der Waals surface area contributed by atoms with Gasteiger partial charge in [0.2, 0.25) is 0 Å². The summed E-state index contributed by atoms with van der Waals surface area (Å²) in [5, 5.41) is 16.8. The molecule has 3 aliphatic heterocycles. The topological polar surface area (TPSA) is 172 Å². The SMILES string of the molecule is CCn1c(-c2cc(N3CCN4CCC[C@@H]4C3)cnc2[C@H](C)OC)c(CC(C)(C)CO)c2cc(-c3csc(C[C@H](NC(=O)OC(C)(C)C)C(=O)OC(=O)C4CCCNN4)n3)ccc21. The number of esters is 2. The Morgan fingerprint density at radius 3 is 2.60 bits per heavy atom. The van der Waals surface area contributed by atoms with E-state index in [9.17, 15) is 19.5 Å². The van der Waals surface area contributed by atoms with Crippen LogP contribution in [-0.2, 0) is 43.2 Å². The number of piperazine rings is 1. The van der Waals surface area contributed by atoms with Crippen LogP contribution >= 0.6 is 11.3 Å². The molecule has 62 heavy (non-hydrogen) atoms. The number of rotatable bonds is 14. The van der Waals surface area contributed by atoms with Gasteiger partial charge >= 0.3 is 18.0 Å². The van der Waals surface area contributed by atoms with Crippen molar-refractivity contribution in [3.63, 3.8) is 0 Å². The van der Waals surface area contributed by atoms with E-state index in [2.05, 4.69) is 75.6 Å². The fraction of sp³-hybridized carbons (Fsp3) is 0.587. The van der Waals surface area contributed by atoms with Crippen LogP contribution < -0.4 is 21.1 Å². The molecule has 4 aromatic rings. The van der Waals surface area contributed by atoms with E-state index in [4.69, 9.17) is 24.2 Å². The zero-order valence-corrected chi connectivity index (χ0v) is 38.3. The molecule has 336 valence electrons. The molecule has 3 aliphatic rings. The molecule has 0 saturated carbocycles. The highest BCUT2D eigenvalue weighted by molar-refractivity contribution is 7.10. The monoisotopic (exact) mass is 872 g/mol. The third-order valence-electron chi connectivity index (χ3n) is 12.2. The smallest absolute Gasteiger partial charge is 0.408 e. The number of nitrogens with zero attached hydrogens (tertiary/aromatic N) is 5. The Bertz CT molecular complexity index is 2240. The number of fused-ring (bicyclic) bond motifs is 2. The number of aliphatic hydroxyl groups excluding tert-OH is 1. The van der Waals surface area contributed by atoms with Gasteiger partial charge in [-0.25, -0.2) is 24.8 Å². The number of carbonyl (C=O) groups is 3. The van der Waals surface area contributed by atoms with Gasteiger partial charge in [0.15, 0.2) is 0 Å². The first-order chi connectivity index (χ1) is 29.6. The first-order valence-electron chi connectivity index (χ1n) is 22.0. The number of anilines is 1. The van der Waals surface area contributed by atoms with Gasteiger partial charge in [-0.2, -0.15) is 0 Å². The highest BCUT2D eigenvalue weighted by atomic mass is 32.1. The molecule has 0 spiro atoms. The third-order valence-corrected chi connectivity index (χ3v) is 13.0. The van der Waals surface area contributed by atoms with Crippen molar-refractivity contribution in [1.29, 1.82) is 0 Å². The summed E-state index contributed by atoms with van der Waals surface area (Å²) in [5.41, 5.74) is 12.3. The summed E-state index contributed by atoms with van der Waals surface area (Å²) >= 11 is 1.35. The summed E-state index contributed by atoms with van der Waals surface area (Å²) in [5.74, 6) is -1.61. The van der Waals surface area contributed by atoms with Crippen molar-refractivity contribution in [2.24, 2.45) is 5.41 Å². The van der Waals surface area contributed by atoms with Crippen LogP contribution in [0.3, 0.4) is 0 Å². The summed E-state index contributed by atoms with van der Waals surface area (Å²) in [4.78, 5) is 54.5. The van der Waals surface area contributed by atoms with Gasteiger partial charge in [0, 0.05) is 86.3 Å². The van der Waals surface area contributed by atoms with Crippen molar-refractivity contribution in [2.75, 3.05) is 51.3 Å². The number of alkyl carbamates (subject to hydrolysis) is 1. The first-order valence-corrected chi connectivity index (χ1v) is 22.9. The molecule has 0 aliphatic carbocycles. The summed E-state index contributed by atoms with van der Waals surface area (Å²) < 4.78 is 19.1. The lowest BCUT2D eigenvalue weighted by molar-refractivity contribution is -0.163. The molecule has 7 rings (SSSR count). The van der Waals surface area contributed by atoms with E-state index in [0.29, 0.717) is 42.7 Å². The van der Waals surface area contributed by atoms with Gasteiger partial charge in [0.05, 0.1) is 40.1 Å². The first kappa shape index (κ1) is 45.6. The summed E-state index contributed by atoms with van der Waals surface area (Å²) in [6.45, 7) is 19.1. The molecule has 3 fully saturated rings. The molecular weight excluding hydrogens is 809 g/mol. The molecule has 4 N–H and O–H groups in total. The van der Waals surface area contributed by atoms with E-state index in [1.54, 1.807) is 27.9 Å². The average molecular weight is 873 g/mol. The van der Waals surface area contributed by atoms with Crippen molar-refractivity contribution in [3.05, 3.63) is 52.1 Å². The van der Waals surface area contributed by atoms with Crippen LogP contribution in [0, 0.1) is 5.41 Å². The Kier molecular flexibility index (Phi) is 14.0. The summed E-state index contributed by atoms with van der Waals surface area (Å²) in [6, 6.07) is 7.30. The molecular formula is C46H64N8O7S. The van der Waals surface area contributed by atoms with Gasteiger partial charge in [0.1, 0.15) is 17.7 Å². The number of nitrogens with one attached hydrogen (secondary N) is 3. The zero-order chi connectivity index (χ0) is 44.3. The lowest BCUT2D eigenvalue weighted by Crippen LogP contribution is -2.52. The van der Waals surface area contributed by atoms with E-state index in [1.165, 1.54) is 30.7 Å². The van der Waals surface area contributed by atoms with Crippen molar-refractivity contribution in [1.82, 2.24) is 35.6 Å². The number of aryl methyl sites for hydroxylation is 1. The standard InChI is InChI=1S/C46H64N8O7S/c1-9-54-38-15-14-29(37-26-62-39(49-37)22-36(50-44(58)61-45(3,4)5)43(57)60-42(56)35-13-10-16-48-51-35)20-32(38)34(23-46(6,7)27-55)41(54)33-21-31(24-47-40(33)28(2)59-8)53-19-18-52-17-11-12-30(52)25-53/h14-15,20-21,24,26,28,30,35-36,48,51,55H,9-13,16-19,22-23,25,27H2,1-8H3,(H,50,58)/t28-,30+,35?,36-/m0/s1. The number of hydrogen-bond acceptors (Lipinski definition) is 14. The summed E-state index contributed by atoms with van der Waals surface area (Å²) in [6.07, 6.45) is 5.25. The predicted molar refractivity (Wildman–Crippen MR) is 241 cm³/mol. The minimum atomic E-state index is -1.23. The van der Waals surface area contributed by atoms with Crippen LogP contribution in [-0.4, -0.2) is 113 Å². The number of benzene rings is 1. The van der Waals surface area contributed by atoms with Gasteiger partial charge in [-0.3, -0.25) is 15.3 Å². The van der Waals surface area contributed by atoms with E-state index < -0.39 is 41.1 Å². The Labute approximate surface area is 368 Å². The largest absolute Gasteiger partial charge is 0.444 e. The van der Waals surface area contributed by atoms with Crippen LogP contribution in [0.1, 0.15) is 96.5 Å². The second kappa shape index (κ2) is 19.1. The molecule has 4 atom stereocenters. The number of hydrazine groups is 1. The maximum absolute atomic E-state index is 13.5. The molecule has 1 unspecified atom stereocenters. The van der Waals surface area contributed by atoms with Gasteiger partial charge in [0.25, 0.3) is 0 Å². The Balaban J connectivity index is 1.25. The van der Waals surface area contributed by atoms with E-state index in [1.807, 2.05) is 18.5 Å². The number of ether oxygens (including phenoxy) is 3. The number of methoxy groups -OCH3 is 1. The second-order valence-corrected chi connectivity index (χ2v) is 19.6. The Morgan fingerprint density at radius 1 is 1.08 bits per heavy atom. The average Bonchev–Trinajstić information content (AvgIpc) is 4.00. The number of carbonyl (C=O) groups excluding carboxylic acids is 3. The maximum Gasteiger partial charge on any atom is 0.408 e. The summed E-state index contributed by atoms with van der Waals surface area (Å²) in [7, 11) is 1.72. The Hall–Kier alpha value is -4.45.